The smallest absolute Gasteiger partial charge is 0.00387 e. The first-order valence-corrected chi connectivity index (χ1v) is 6.16. The van der Waals surface area contributed by atoms with E-state index in [4.69, 9.17) is 0 Å². The van der Waals surface area contributed by atoms with Crippen molar-refractivity contribution in [2.45, 2.75) is 39.2 Å². The van der Waals surface area contributed by atoms with Crippen molar-refractivity contribution in [2.75, 3.05) is 18.4 Å². The van der Waals surface area contributed by atoms with Crippen molar-refractivity contribution in [1.82, 2.24) is 4.90 Å². The molecular weight excluding hydrogens is 214 g/mol. The molecule has 0 amide bonds. The standard InChI is InChI=1S/C10H20BrN/c1-9(2)12-7-3-4-10(8-12)5-6-11/h9-10H,3-8H2,1-2H3. The molecule has 1 aliphatic heterocycles. The van der Waals surface area contributed by atoms with Crippen molar-refractivity contribution in [1.29, 1.82) is 0 Å². The molecule has 0 aromatic rings. The summed E-state index contributed by atoms with van der Waals surface area (Å²) in [6.07, 6.45) is 4.19. The molecule has 0 aromatic heterocycles. The number of rotatable bonds is 3. The maximum Gasteiger partial charge on any atom is 0.00387 e. The van der Waals surface area contributed by atoms with E-state index < -0.39 is 0 Å². The Bertz CT molecular complexity index is 123. The third-order valence-corrected chi connectivity index (χ3v) is 3.26. The molecule has 72 valence electrons. The molecule has 1 aliphatic rings. The second kappa shape index (κ2) is 5.23. The molecule has 12 heavy (non-hydrogen) atoms. The van der Waals surface area contributed by atoms with Gasteiger partial charge in [-0.25, -0.2) is 0 Å². The van der Waals surface area contributed by atoms with Gasteiger partial charge in [-0.1, -0.05) is 15.9 Å². The molecule has 0 bridgehead atoms. The average molecular weight is 234 g/mol. The highest BCUT2D eigenvalue weighted by Crippen LogP contribution is 2.21. The van der Waals surface area contributed by atoms with Crippen molar-refractivity contribution in [3.8, 4) is 0 Å². The van der Waals surface area contributed by atoms with Gasteiger partial charge in [0.2, 0.25) is 0 Å². The van der Waals surface area contributed by atoms with Gasteiger partial charge in [0.25, 0.3) is 0 Å². The molecule has 1 fully saturated rings. The van der Waals surface area contributed by atoms with Gasteiger partial charge in [0.15, 0.2) is 0 Å². The van der Waals surface area contributed by atoms with Gasteiger partial charge in [0, 0.05) is 17.9 Å². The van der Waals surface area contributed by atoms with Crippen LogP contribution >= 0.6 is 15.9 Å². The van der Waals surface area contributed by atoms with Gasteiger partial charge in [0.1, 0.15) is 0 Å². The predicted octanol–water partition coefficient (Wildman–Crippen LogP) is 2.89. The summed E-state index contributed by atoms with van der Waals surface area (Å²) in [6.45, 7) is 7.24. The summed E-state index contributed by atoms with van der Waals surface area (Å²) in [5, 5.41) is 1.17. The van der Waals surface area contributed by atoms with Crippen molar-refractivity contribution in [3.63, 3.8) is 0 Å². The van der Waals surface area contributed by atoms with E-state index >= 15 is 0 Å². The second-order valence-corrected chi connectivity index (χ2v) is 4.87. The quantitative estimate of drug-likeness (QED) is 0.679. The van der Waals surface area contributed by atoms with E-state index in [9.17, 15) is 0 Å². The van der Waals surface area contributed by atoms with Crippen LogP contribution in [0.1, 0.15) is 33.1 Å². The first-order chi connectivity index (χ1) is 5.74. The Labute approximate surface area is 84.6 Å². The lowest BCUT2D eigenvalue weighted by molar-refractivity contribution is 0.138. The normalized spacial score (nSPS) is 26.5. The summed E-state index contributed by atoms with van der Waals surface area (Å²) < 4.78 is 0. The number of hydrogen-bond acceptors (Lipinski definition) is 1. The Morgan fingerprint density at radius 3 is 2.83 bits per heavy atom. The van der Waals surface area contributed by atoms with E-state index in [1.54, 1.807) is 0 Å². The van der Waals surface area contributed by atoms with Gasteiger partial charge in [-0.3, -0.25) is 0 Å². The molecular formula is C10H20BrN. The molecule has 0 aromatic carbocycles. The minimum absolute atomic E-state index is 0.739. The Morgan fingerprint density at radius 2 is 2.25 bits per heavy atom. The molecule has 0 aliphatic carbocycles. The molecule has 1 nitrogen and oxygen atoms in total. The lowest BCUT2D eigenvalue weighted by Gasteiger charge is -2.35. The highest BCUT2D eigenvalue weighted by atomic mass is 79.9. The van der Waals surface area contributed by atoms with Gasteiger partial charge in [0.05, 0.1) is 0 Å². The van der Waals surface area contributed by atoms with Crippen LogP contribution in [0.5, 0.6) is 0 Å². The van der Waals surface area contributed by atoms with Crippen molar-refractivity contribution >= 4 is 15.9 Å². The molecule has 1 rings (SSSR count). The lowest BCUT2D eigenvalue weighted by Crippen LogP contribution is -2.40. The van der Waals surface area contributed by atoms with Gasteiger partial charge in [-0.05, 0) is 45.6 Å². The Morgan fingerprint density at radius 1 is 1.50 bits per heavy atom. The van der Waals surface area contributed by atoms with Gasteiger partial charge in [-0.15, -0.1) is 0 Å². The topological polar surface area (TPSA) is 3.24 Å². The summed E-state index contributed by atoms with van der Waals surface area (Å²) >= 11 is 3.52. The second-order valence-electron chi connectivity index (χ2n) is 4.07. The molecule has 0 spiro atoms. The minimum Gasteiger partial charge on any atom is -0.301 e. The van der Waals surface area contributed by atoms with Crippen molar-refractivity contribution in [2.24, 2.45) is 5.92 Å². The first kappa shape index (κ1) is 10.5. The number of likely N-dealkylation sites (tertiary alicyclic amines) is 1. The van der Waals surface area contributed by atoms with E-state index in [2.05, 4.69) is 34.7 Å². The summed E-state index contributed by atoms with van der Waals surface area (Å²) in [5.41, 5.74) is 0. The molecule has 1 atom stereocenters. The first-order valence-electron chi connectivity index (χ1n) is 5.04. The zero-order chi connectivity index (χ0) is 8.97. The van der Waals surface area contributed by atoms with Gasteiger partial charge < -0.3 is 4.90 Å². The summed E-state index contributed by atoms with van der Waals surface area (Å²) in [4.78, 5) is 2.61. The average Bonchev–Trinajstić information content (AvgIpc) is 2.05. The molecule has 1 heterocycles. The summed E-state index contributed by atoms with van der Waals surface area (Å²) in [7, 11) is 0. The fourth-order valence-electron chi connectivity index (χ4n) is 1.96. The van der Waals surface area contributed by atoms with E-state index in [0.717, 1.165) is 12.0 Å². The Hall–Kier alpha value is 0.440. The number of nitrogens with zero attached hydrogens (tertiary/aromatic N) is 1. The fraction of sp³-hybridized carbons (Fsp3) is 1.00. The molecule has 0 saturated carbocycles. The van der Waals surface area contributed by atoms with Crippen LogP contribution < -0.4 is 0 Å². The number of piperidine rings is 1. The summed E-state index contributed by atoms with van der Waals surface area (Å²) in [6, 6.07) is 0.739. The van der Waals surface area contributed by atoms with Crippen LogP contribution in [0.15, 0.2) is 0 Å². The van der Waals surface area contributed by atoms with Crippen LogP contribution in [0.25, 0.3) is 0 Å². The third kappa shape index (κ3) is 3.06. The number of hydrogen-bond donors (Lipinski definition) is 0. The predicted molar refractivity (Wildman–Crippen MR) is 57.8 cm³/mol. The zero-order valence-corrected chi connectivity index (χ0v) is 9.81. The Kier molecular flexibility index (Phi) is 4.59. The van der Waals surface area contributed by atoms with Gasteiger partial charge in [-0.2, -0.15) is 0 Å². The largest absolute Gasteiger partial charge is 0.301 e. The lowest BCUT2D eigenvalue weighted by atomic mass is 9.95. The van der Waals surface area contributed by atoms with Crippen LogP contribution in [-0.2, 0) is 0 Å². The van der Waals surface area contributed by atoms with E-state index in [-0.39, 0.29) is 0 Å². The van der Waals surface area contributed by atoms with Crippen molar-refractivity contribution < 1.29 is 0 Å². The SMILES string of the molecule is CC(C)N1CCCC(CCBr)C1. The molecule has 2 heteroatoms. The third-order valence-electron chi connectivity index (χ3n) is 2.80. The highest BCUT2D eigenvalue weighted by molar-refractivity contribution is 9.09. The maximum absolute atomic E-state index is 3.52. The molecule has 1 unspecified atom stereocenters. The van der Waals surface area contributed by atoms with Gasteiger partial charge >= 0.3 is 0 Å². The monoisotopic (exact) mass is 233 g/mol. The van der Waals surface area contributed by atoms with Crippen LogP contribution in [0.2, 0.25) is 0 Å². The summed E-state index contributed by atoms with van der Waals surface area (Å²) in [5.74, 6) is 0.945. The molecule has 0 N–H and O–H groups in total. The highest BCUT2D eigenvalue weighted by Gasteiger charge is 2.20. The number of halogens is 1. The molecule has 1 saturated heterocycles. The van der Waals surface area contributed by atoms with Crippen LogP contribution in [0.4, 0.5) is 0 Å². The molecule has 0 radical (unpaired) electrons. The fourth-order valence-corrected chi connectivity index (χ4v) is 2.60. The van der Waals surface area contributed by atoms with E-state index in [0.29, 0.717) is 0 Å². The van der Waals surface area contributed by atoms with Crippen LogP contribution in [-0.4, -0.2) is 29.4 Å². The zero-order valence-electron chi connectivity index (χ0n) is 8.22. The van der Waals surface area contributed by atoms with Crippen LogP contribution in [0, 0.1) is 5.92 Å². The van der Waals surface area contributed by atoms with E-state index in [1.807, 2.05) is 0 Å². The van der Waals surface area contributed by atoms with Crippen molar-refractivity contribution in [3.05, 3.63) is 0 Å². The maximum atomic E-state index is 3.52. The number of alkyl halides is 1. The van der Waals surface area contributed by atoms with E-state index in [1.165, 1.54) is 37.7 Å². The van der Waals surface area contributed by atoms with Crippen LogP contribution in [0.3, 0.4) is 0 Å². The Balaban J connectivity index is 2.30. The minimum atomic E-state index is 0.739.